The quantitative estimate of drug-likeness (QED) is 0.477. The summed E-state index contributed by atoms with van der Waals surface area (Å²) >= 11 is 0. The first-order valence-electron chi connectivity index (χ1n) is 5.85. The zero-order valence-corrected chi connectivity index (χ0v) is 11.0. The van der Waals surface area contributed by atoms with E-state index in [9.17, 15) is 4.79 Å². The third-order valence-corrected chi connectivity index (χ3v) is 2.39. The van der Waals surface area contributed by atoms with Gasteiger partial charge in [0, 0.05) is 20.6 Å². The van der Waals surface area contributed by atoms with Crippen molar-refractivity contribution in [2.75, 3.05) is 20.7 Å². The van der Waals surface area contributed by atoms with Gasteiger partial charge in [0.25, 0.3) is 0 Å². The second-order valence-corrected chi connectivity index (χ2v) is 3.59. The first-order chi connectivity index (χ1) is 8.71. The molecule has 0 fully saturated rings. The Balaban J connectivity index is 2.58. The van der Waals surface area contributed by atoms with Gasteiger partial charge in [0.2, 0.25) is 0 Å². The van der Waals surface area contributed by atoms with Gasteiger partial charge in [0.1, 0.15) is 0 Å². The second-order valence-electron chi connectivity index (χ2n) is 3.59. The number of ether oxygens (including phenoxy) is 1. The fourth-order valence-electron chi connectivity index (χ4n) is 1.44. The molecule has 0 heterocycles. The van der Waals surface area contributed by atoms with E-state index in [2.05, 4.69) is 15.6 Å². The van der Waals surface area contributed by atoms with Crippen LogP contribution in [0.3, 0.4) is 0 Å². The van der Waals surface area contributed by atoms with Crippen LogP contribution in [0.25, 0.3) is 0 Å². The topological polar surface area (TPSA) is 62.7 Å². The molecule has 5 heteroatoms. The summed E-state index contributed by atoms with van der Waals surface area (Å²) in [5.41, 5.74) is 1.64. The van der Waals surface area contributed by atoms with Crippen LogP contribution in [0.5, 0.6) is 0 Å². The van der Waals surface area contributed by atoms with Crippen molar-refractivity contribution in [1.29, 1.82) is 0 Å². The van der Waals surface area contributed by atoms with Gasteiger partial charge < -0.3 is 15.4 Å². The van der Waals surface area contributed by atoms with Crippen LogP contribution in [0.2, 0.25) is 0 Å². The molecular formula is C13H19N3O2. The first-order valence-corrected chi connectivity index (χ1v) is 5.85. The molecule has 98 valence electrons. The lowest BCUT2D eigenvalue weighted by molar-refractivity contribution is 0.0526. The van der Waals surface area contributed by atoms with E-state index in [0.717, 1.165) is 11.5 Å². The third kappa shape index (κ3) is 4.08. The Morgan fingerprint density at radius 3 is 2.50 bits per heavy atom. The number of hydrogen-bond donors (Lipinski definition) is 2. The van der Waals surface area contributed by atoms with Gasteiger partial charge >= 0.3 is 5.97 Å². The van der Waals surface area contributed by atoms with Gasteiger partial charge in [0.05, 0.1) is 12.2 Å². The van der Waals surface area contributed by atoms with Crippen LogP contribution in [-0.2, 0) is 11.3 Å². The number of nitrogens with zero attached hydrogens (tertiary/aromatic N) is 1. The number of carbonyl (C=O) groups excluding carboxylic acids is 1. The third-order valence-electron chi connectivity index (χ3n) is 2.39. The molecule has 0 radical (unpaired) electrons. The van der Waals surface area contributed by atoms with Crippen molar-refractivity contribution >= 4 is 11.9 Å². The molecule has 0 bridgehead atoms. The van der Waals surface area contributed by atoms with Crippen LogP contribution in [0.1, 0.15) is 22.8 Å². The smallest absolute Gasteiger partial charge is 0.338 e. The van der Waals surface area contributed by atoms with Crippen LogP contribution in [0, 0.1) is 0 Å². The summed E-state index contributed by atoms with van der Waals surface area (Å²) in [5, 5.41) is 6.07. The summed E-state index contributed by atoms with van der Waals surface area (Å²) in [6.45, 7) is 2.83. The molecular weight excluding hydrogens is 230 g/mol. The van der Waals surface area contributed by atoms with E-state index in [1.807, 2.05) is 12.1 Å². The van der Waals surface area contributed by atoms with Gasteiger partial charge in [-0.1, -0.05) is 12.1 Å². The van der Waals surface area contributed by atoms with Crippen molar-refractivity contribution in [3.8, 4) is 0 Å². The van der Waals surface area contributed by atoms with Crippen LogP contribution in [0.15, 0.2) is 29.3 Å². The Bertz CT molecular complexity index is 413. The molecule has 0 aromatic heterocycles. The minimum atomic E-state index is -0.289. The molecule has 0 aliphatic carbocycles. The van der Waals surface area contributed by atoms with Crippen LogP contribution >= 0.6 is 0 Å². The molecule has 0 unspecified atom stereocenters. The fourth-order valence-corrected chi connectivity index (χ4v) is 1.44. The van der Waals surface area contributed by atoms with Gasteiger partial charge in [0.15, 0.2) is 5.96 Å². The molecule has 0 aliphatic rings. The van der Waals surface area contributed by atoms with Crippen LogP contribution < -0.4 is 10.6 Å². The summed E-state index contributed by atoms with van der Waals surface area (Å²) in [6.07, 6.45) is 0. The summed E-state index contributed by atoms with van der Waals surface area (Å²) < 4.78 is 4.92. The zero-order chi connectivity index (χ0) is 13.4. The summed E-state index contributed by atoms with van der Waals surface area (Å²) in [4.78, 5) is 15.5. The van der Waals surface area contributed by atoms with E-state index in [1.54, 1.807) is 33.2 Å². The van der Waals surface area contributed by atoms with Gasteiger partial charge in [-0.05, 0) is 24.6 Å². The van der Waals surface area contributed by atoms with Crippen molar-refractivity contribution in [2.24, 2.45) is 4.99 Å². The molecule has 1 aromatic rings. The number of benzene rings is 1. The van der Waals surface area contributed by atoms with E-state index < -0.39 is 0 Å². The van der Waals surface area contributed by atoms with E-state index in [0.29, 0.717) is 18.7 Å². The predicted octanol–water partition coefficient (Wildman–Crippen LogP) is 1.16. The van der Waals surface area contributed by atoms with E-state index >= 15 is 0 Å². The molecule has 0 spiro atoms. The maximum atomic E-state index is 11.4. The lowest BCUT2D eigenvalue weighted by atomic mass is 10.1. The summed E-state index contributed by atoms with van der Waals surface area (Å²) in [5.74, 6) is 0.438. The lowest BCUT2D eigenvalue weighted by Crippen LogP contribution is -2.34. The Labute approximate surface area is 107 Å². The van der Waals surface area contributed by atoms with Gasteiger partial charge in [-0.25, -0.2) is 4.79 Å². The molecule has 0 atom stereocenters. The van der Waals surface area contributed by atoms with Gasteiger partial charge in [-0.3, -0.25) is 4.99 Å². The van der Waals surface area contributed by atoms with Gasteiger partial charge in [-0.15, -0.1) is 0 Å². The predicted molar refractivity (Wildman–Crippen MR) is 71.7 cm³/mol. The number of hydrogen-bond acceptors (Lipinski definition) is 3. The Morgan fingerprint density at radius 2 is 2.00 bits per heavy atom. The highest BCUT2D eigenvalue weighted by molar-refractivity contribution is 5.89. The molecule has 0 saturated heterocycles. The largest absolute Gasteiger partial charge is 0.462 e. The molecule has 2 N–H and O–H groups in total. The monoisotopic (exact) mass is 249 g/mol. The minimum absolute atomic E-state index is 0.289. The molecule has 5 nitrogen and oxygen atoms in total. The van der Waals surface area contributed by atoms with Crippen LogP contribution in [-0.4, -0.2) is 32.6 Å². The zero-order valence-electron chi connectivity index (χ0n) is 11.0. The average molecular weight is 249 g/mol. The number of aliphatic imine (C=N–C) groups is 1. The molecule has 0 amide bonds. The maximum absolute atomic E-state index is 11.4. The van der Waals surface area contributed by atoms with Crippen molar-refractivity contribution in [1.82, 2.24) is 10.6 Å². The Hall–Kier alpha value is -2.04. The van der Waals surface area contributed by atoms with E-state index in [-0.39, 0.29) is 5.97 Å². The minimum Gasteiger partial charge on any atom is -0.462 e. The molecule has 0 aliphatic heterocycles. The summed E-state index contributed by atoms with van der Waals surface area (Å²) in [7, 11) is 3.52. The maximum Gasteiger partial charge on any atom is 0.338 e. The number of esters is 1. The number of rotatable bonds is 4. The molecule has 0 saturated carbocycles. The Kier molecular flexibility index (Phi) is 5.70. The van der Waals surface area contributed by atoms with E-state index in [4.69, 9.17) is 4.74 Å². The average Bonchev–Trinajstić information content (AvgIpc) is 2.41. The molecule has 1 aromatic carbocycles. The highest BCUT2D eigenvalue weighted by atomic mass is 16.5. The van der Waals surface area contributed by atoms with Crippen molar-refractivity contribution < 1.29 is 9.53 Å². The van der Waals surface area contributed by atoms with Crippen LogP contribution in [0.4, 0.5) is 0 Å². The SMILES string of the molecule is CCOC(=O)c1ccc(CNC(=NC)NC)cc1. The highest BCUT2D eigenvalue weighted by Gasteiger charge is 2.05. The van der Waals surface area contributed by atoms with Crippen molar-refractivity contribution in [2.45, 2.75) is 13.5 Å². The van der Waals surface area contributed by atoms with Crippen molar-refractivity contribution in [3.63, 3.8) is 0 Å². The number of nitrogens with one attached hydrogen (secondary N) is 2. The fraction of sp³-hybridized carbons (Fsp3) is 0.385. The highest BCUT2D eigenvalue weighted by Crippen LogP contribution is 2.05. The summed E-state index contributed by atoms with van der Waals surface area (Å²) in [6, 6.07) is 7.30. The lowest BCUT2D eigenvalue weighted by Gasteiger charge is -2.08. The van der Waals surface area contributed by atoms with E-state index in [1.165, 1.54) is 0 Å². The number of carbonyl (C=O) groups is 1. The first kappa shape index (κ1) is 14.0. The van der Waals surface area contributed by atoms with Gasteiger partial charge in [-0.2, -0.15) is 0 Å². The number of guanidine groups is 1. The van der Waals surface area contributed by atoms with Crippen molar-refractivity contribution in [3.05, 3.63) is 35.4 Å². The second kappa shape index (κ2) is 7.32. The molecule has 1 rings (SSSR count). The standard InChI is InChI=1S/C13H19N3O2/c1-4-18-12(17)11-7-5-10(6-8-11)9-16-13(14-2)15-3/h5-8H,4,9H2,1-3H3,(H2,14,15,16). The normalized spacial score (nSPS) is 10.9. The molecule has 18 heavy (non-hydrogen) atoms. The Morgan fingerprint density at radius 1 is 1.33 bits per heavy atom.